The van der Waals surface area contributed by atoms with Gasteiger partial charge in [-0.1, -0.05) is 176 Å². The fourth-order valence-electron chi connectivity index (χ4n) is 10.5. The molecule has 1 spiro atoms. The quantitative estimate of drug-likeness (QED) is 0.168. The van der Waals surface area contributed by atoms with Crippen molar-refractivity contribution in [2.24, 2.45) is 0 Å². The van der Waals surface area contributed by atoms with Gasteiger partial charge >= 0.3 is 0 Å². The molecule has 2 aromatic heterocycles. The Hall–Kier alpha value is -8.01. The molecule has 296 valence electrons. The summed E-state index contributed by atoms with van der Waals surface area (Å²) in [4.78, 5) is 15.0. The zero-order valence-corrected chi connectivity index (χ0v) is 35.0. The number of pyridine rings is 1. The van der Waals surface area contributed by atoms with E-state index in [2.05, 4.69) is 207 Å². The van der Waals surface area contributed by atoms with E-state index in [0.717, 1.165) is 56.3 Å². The summed E-state index contributed by atoms with van der Waals surface area (Å²) in [6.07, 6.45) is 1.89. The molecule has 1 atom stereocenters. The van der Waals surface area contributed by atoms with E-state index >= 15 is 0 Å². The summed E-state index contributed by atoms with van der Waals surface area (Å²) in [7, 11) is 0. The third kappa shape index (κ3) is 5.77. The molecule has 0 saturated heterocycles. The van der Waals surface area contributed by atoms with Crippen LogP contribution in [0.1, 0.15) is 33.6 Å². The Morgan fingerprint density at radius 2 is 0.841 bits per heavy atom. The topological polar surface area (TPSA) is 38.7 Å². The largest absolute Gasteiger partial charge is 0.256 e. The van der Waals surface area contributed by atoms with Crippen LogP contribution in [0, 0.1) is 13.8 Å². The lowest BCUT2D eigenvalue weighted by Gasteiger charge is -2.31. The maximum atomic E-state index is 5.19. The Kier molecular flexibility index (Phi) is 8.52. The molecule has 2 aliphatic carbocycles. The standard InChI is InChI=1S/C60H41N3/c1-38-32-33-61-56(34-38)43-19-14-18-41(35-43)45-21-6-7-22-46(45)42-30-31-48-47-23-10-12-27-52(47)60(55(48)36-42)53-28-13-11-25-50(53)59-51(26-15-29-54(59)60)58-37-57(62-39(2)63-58)49-24-9-8-20-44(49)40-16-4-3-5-17-40/h3-37H,1-2H3. The number of rotatable bonds is 6. The molecule has 8 aromatic carbocycles. The zero-order valence-electron chi connectivity index (χ0n) is 35.0. The monoisotopic (exact) mass is 803 g/mol. The molecule has 3 nitrogen and oxygen atoms in total. The van der Waals surface area contributed by atoms with Crippen molar-refractivity contribution in [1.82, 2.24) is 15.0 Å². The van der Waals surface area contributed by atoms with E-state index in [9.17, 15) is 0 Å². The first kappa shape index (κ1) is 36.8. The molecule has 0 radical (unpaired) electrons. The Balaban J connectivity index is 1.05. The molecule has 1 unspecified atom stereocenters. The normalized spacial score (nSPS) is 14.3. The van der Waals surface area contributed by atoms with Gasteiger partial charge < -0.3 is 0 Å². The molecule has 0 saturated carbocycles. The first-order valence-electron chi connectivity index (χ1n) is 21.7. The predicted molar refractivity (Wildman–Crippen MR) is 258 cm³/mol. The maximum absolute atomic E-state index is 5.19. The Bertz CT molecular complexity index is 3440. The number of aromatic nitrogens is 3. The van der Waals surface area contributed by atoms with Crippen LogP contribution in [0.5, 0.6) is 0 Å². The third-order valence-corrected chi connectivity index (χ3v) is 13.1. The van der Waals surface area contributed by atoms with E-state index in [1.54, 1.807) is 0 Å². The highest BCUT2D eigenvalue weighted by Gasteiger charge is 2.52. The molecule has 0 N–H and O–H groups in total. The second-order valence-corrected chi connectivity index (χ2v) is 16.8. The zero-order chi connectivity index (χ0) is 42.1. The van der Waals surface area contributed by atoms with Gasteiger partial charge in [0.05, 0.1) is 22.5 Å². The summed E-state index contributed by atoms with van der Waals surface area (Å²) >= 11 is 0. The Morgan fingerprint density at radius 3 is 1.59 bits per heavy atom. The van der Waals surface area contributed by atoms with Gasteiger partial charge in [0.25, 0.3) is 0 Å². The average Bonchev–Trinajstić information content (AvgIpc) is 3.81. The summed E-state index contributed by atoms with van der Waals surface area (Å²) in [6.45, 7) is 4.13. The van der Waals surface area contributed by atoms with E-state index in [0.29, 0.717) is 0 Å². The molecule has 63 heavy (non-hydrogen) atoms. The van der Waals surface area contributed by atoms with Crippen LogP contribution in [0.4, 0.5) is 0 Å². The lowest BCUT2D eigenvalue weighted by atomic mass is 9.70. The molecule has 12 rings (SSSR count). The molecule has 2 aliphatic rings. The molecule has 0 amide bonds. The lowest BCUT2D eigenvalue weighted by Crippen LogP contribution is -2.25. The van der Waals surface area contributed by atoms with E-state index in [1.165, 1.54) is 66.8 Å². The summed E-state index contributed by atoms with van der Waals surface area (Å²) in [5, 5.41) is 0. The van der Waals surface area contributed by atoms with E-state index in [4.69, 9.17) is 15.0 Å². The predicted octanol–water partition coefficient (Wildman–Crippen LogP) is 14.8. The van der Waals surface area contributed by atoms with E-state index in [-0.39, 0.29) is 0 Å². The fourth-order valence-corrected chi connectivity index (χ4v) is 10.5. The second-order valence-electron chi connectivity index (χ2n) is 16.8. The van der Waals surface area contributed by atoms with E-state index in [1.807, 2.05) is 19.2 Å². The lowest BCUT2D eigenvalue weighted by molar-refractivity contribution is 0.794. The summed E-state index contributed by atoms with van der Waals surface area (Å²) < 4.78 is 0. The van der Waals surface area contributed by atoms with Crippen molar-refractivity contribution < 1.29 is 0 Å². The van der Waals surface area contributed by atoms with Crippen LogP contribution < -0.4 is 0 Å². The van der Waals surface area contributed by atoms with Crippen LogP contribution in [-0.2, 0) is 5.41 Å². The van der Waals surface area contributed by atoms with Crippen molar-refractivity contribution in [1.29, 1.82) is 0 Å². The van der Waals surface area contributed by atoms with Gasteiger partial charge in [0.15, 0.2) is 0 Å². The van der Waals surface area contributed by atoms with Gasteiger partial charge in [0.1, 0.15) is 5.82 Å². The molecule has 0 aliphatic heterocycles. The number of benzene rings is 8. The minimum absolute atomic E-state index is 0.541. The molecule has 0 bridgehead atoms. The molecule has 2 heterocycles. The number of nitrogens with zero attached hydrogens (tertiary/aromatic N) is 3. The fraction of sp³-hybridized carbons (Fsp3) is 0.0500. The van der Waals surface area contributed by atoms with Crippen LogP contribution >= 0.6 is 0 Å². The van der Waals surface area contributed by atoms with Crippen molar-refractivity contribution in [2.75, 3.05) is 0 Å². The van der Waals surface area contributed by atoms with Crippen LogP contribution in [0.25, 0.3) is 89.4 Å². The molecule has 0 fully saturated rings. The Morgan fingerprint density at radius 1 is 0.317 bits per heavy atom. The van der Waals surface area contributed by atoms with Gasteiger partial charge in [0.2, 0.25) is 0 Å². The maximum Gasteiger partial charge on any atom is 0.126 e. The van der Waals surface area contributed by atoms with Gasteiger partial charge in [0, 0.05) is 22.9 Å². The Labute approximate surface area is 368 Å². The average molecular weight is 804 g/mol. The second kappa shape index (κ2) is 14.6. The van der Waals surface area contributed by atoms with Gasteiger partial charge in [-0.25, -0.2) is 9.97 Å². The van der Waals surface area contributed by atoms with E-state index < -0.39 is 5.41 Å². The van der Waals surface area contributed by atoms with Crippen molar-refractivity contribution in [3.8, 4) is 89.4 Å². The van der Waals surface area contributed by atoms with Crippen LogP contribution in [0.2, 0.25) is 0 Å². The van der Waals surface area contributed by atoms with Crippen LogP contribution in [0.15, 0.2) is 212 Å². The highest BCUT2D eigenvalue weighted by molar-refractivity contribution is 6.01. The molecule has 10 aromatic rings. The summed E-state index contributed by atoms with van der Waals surface area (Å²) in [6, 6.07) is 75.2. The third-order valence-electron chi connectivity index (χ3n) is 13.1. The molecular weight excluding hydrogens is 763 g/mol. The van der Waals surface area contributed by atoms with Gasteiger partial charge in [-0.3, -0.25) is 4.98 Å². The number of fused-ring (bicyclic) bond motifs is 10. The SMILES string of the molecule is Cc1ccnc(-c2cccc(-c3ccccc3-c3ccc4c(c3)C3(c5ccccc5-4)c4ccccc4-c4c(-c5cc(-c6ccccc6-c6ccccc6)nc(C)n5)cccc43)c2)c1. The smallest absolute Gasteiger partial charge is 0.126 e. The van der Waals surface area contributed by atoms with Crippen LogP contribution in [-0.4, -0.2) is 15.0 Å². The van der Waals surface area contributed by atoms with Crippen LogP contribution in [0.3, 0.4) is 0 Å². The van der Waals surface area contributed by atoms with Gasteiger partial charge in [-0.2, -0.15) is 0 Å². The first-order valence-corrected chi connectivity index (χ1v) is 21.7. The molecule has 3 heteroatoms. The van der Waals surface area contributed by atoms with Crippen molar-refractivity contribution in [2.45, 2.75) is 19.3 Å². The number of hydrogen-bond donors (Lipinski definition) is 0. The minimum atomic E-state index is -0.541. The first-order chi connectivity index (χ1) is 31.1. The van der Waals surface area contributed by atoms with Crippen molar-refractivity contribution in [3.63, 3.8) is 0 Å². The number of hydrogen-bond acceptors (Lipinski definition) is 3. The highest BCUT2D eigenvalue weighted by atomic mass is 14.9. The molecular formula is C60H41N3. The summed E-state index contributed by atoms with van der Waals surface area (Å²) in [5.41, 5.74) is 24.0. The van der Waals surface area contributed by atoms with Crippen molar-refractivity contribution in [3.05, 3.63) is 246 Å². The summed E-state index contributed by atoms with van der Waals surface area (Å²) in [5.74, 6) is 0.740. The van der Waals surface area contributed by atoms with Gasteiger partial charge in [-0.05, 0) is 128 Å². The van der Waals surface area contributed by atoms with Gasteiger partial charge in [-0.15, -0.1) is 0 Å². The van der Waals surface area contributed by atoms with Crippen molar-refractivity contribution >= 4 is 0 Å². The number of aryl methyl sites for hydroxylation is 2. The highest BCUT2D eigenvalue weighted by Crippen LogP contribution is 2.64. The minimum Gasteiger partial charge on any atom is -0.256 e.